The molecule has 1 N–H and O–H groups in total. The second kappa shape index (κ2) is 16.9. The van der Waals surface area contributed by atoms with Gasteiger partial charge < -0.3 is 24.3 Å². The molecule has 7 heterocycles. The van der Waals surface area contributed by atoms with Crippen LogP contribution in [0.4, 0.5) is 26.0 Å². The van der Waals surface area contributed by atoms with E-state index in [1.165, 1.54) is 29.1 Å². The number of carbonyl (C=O) groups excluding carboxylic acids is 3. The second-order valence-corrected chi connectivity index (χ2v) is 17.1. The molecular weight excluding hydrogens is 825 g/mol. The number of hydrogen-bond acceptors (Lipinski definition) is 13. The number of amides is 3. The minimum atomic E-state index is -1.03. The Hall–Kier alpha value is -7.00. The van der Waals surface area contributed by atoms with Gasteiger partial charge in [-0.05, 0) is 97.8 Å². The largest absolute Gasteiger partial charge is 0.453 e. The molecule has 3 amide bonds. The van der Waals surface area contributed by atoms with Crippen molar-refractivity contribution in [2.45, 2.75) is 50.9 Å². The predicted octanol–water partition coefficient (Wildman–Crippen LogP) is 4.33. The molecule has 0 saturated carbocycles. The van der Waals surface area contributed by atoms with Gasteiger partial charge in [-0.1, -0.05) is 0 Å². The number of piperazine rings is 1. The van der Waals surface area contributed by atoms with Crippen molar-refractivity contribution < 1.29 is 27.9 Å². The number of rotatable bonds is 9. The lowest BCUT2D eigenvalue weighted by molar-refractivity contribution is -0.136. The Morgan fingerprint density at radius 1 is 0.828 bits per heavy atom. The molecule has 2 aromatic heterocycles. The second-order valence-electron chi connectivity index (χ2n) is 17.1. The van der Waals surface area contributed by atoms with Crippen LogP contribution in [0.1, 0.15) is 53.6 Å². The molecule has 0 bridgehead atoms. The maximum absolute atomic E-state index is 15.1. The molecule has 0 aliphatic carbocycles. The van der Waals surface area contributed by atoms with Crippen LogP contribution in [0.15, 0.2) is 71.8 Å². The lowest BCUT2D eigenvalue weighted by atomic mass is 9.95. The van der Waals surface area contributed by atoms with Gasteiger partial charge in [-0.2, -0.15) is 5.26 Å². The van der Waals surface area contributed by atoms with Crippen molar-refractivity contribution in [3.63, 3.8) is 0 Å². The molecular formula is C46H45F2N11O5. The number of aromatic nitrogens is 4. The number of imide groups is 1. The minimum absolute atomic E-state index is 0.0514. The normalized spacial score (nSPS) is 20.8. The molecule has 0 radical (unpaired) electrons. The minimum Gasteiger partial charge on any atom is -0.453 e. The van der Waals surface area contributed by atoms with Crippen molar-refractivity contribution in [3.8, 4) is 23.4 Å². The first-order valence-corrected chi connectivity index (χ1v) is 21.7. The standard InChI is InChI=1S/C46H45F2N11O5/c47-30-13-16-57(26-30)38-6-4-36(48)43(35(38)23-49)64-32-2-5-37-34(22-32)46(63)59(27-50-37)41-9-8-40(52-53-41)56-19-17-54(18-20-56)24-28-11-14-55(15-12-28)31-1-3-33-29(21-31)25-58(45(33)62)39-7-10-42(60)51-44(39)61/h1-6,8-9,21-22,27-28,30,39H,7,10-20,24-26H2,(H,51,60,61)/t30-,39?/m1/s1. The van der Waals surface area contributed by atoms with E-state index in [9.17, 15) is 28.8 Å². The number of alkyl halides is 1. The van der Waals surface area contributed by atoms with Gasteiger partial charge in [-0.15, -0.1) is 10.2 Å². The van der Waals surface area contributed by atoms with Crippen molar-refractivity contribution in [2.24, 2.45) is 5.92 Å². The molecule has 4 fully saturated rings. The zero-order valence-electron chi connectivity index (χ0n) is 35.0. The molecule has 5 aliphatic rings. The molecule has 5 aromatic rings. The molecule has 5 aliphatic heterocycles. The summed E-state index contributed by atoms with van der Waals surface area (Å²) in [7, 11) is 0. The van der Waals surface area contributed by atoms with Gasteiger partial charge in [0.25, 0.3) is 11.5 Å². The van der Waals surface area contributed by atoms with Gasteiger partial charge in [0.15, 0.2) is 23.2 Å². The Bertz CT molecular complexity index is 2760. The number of carbonyl (C=O) groups is 3. The van der Waals surface area contributed by atoms with Gasteiger partial charge in [0.05, 0.1) is 16.6 Å². The first-order chi connectivity index (χ1) is 31.1. The van der Waals surface area contributed by atoms with Crippen LogP contribution in [-0.2, 0) is 16.1 Å². The number of halogens is 2. The zero-order chi connectivity index (χ0) is 44.1. The third kappa shape index (κ3) is 7.84. The number of benzene rings is 3. The summed E-state index contributed by atoms with van der Waals surface area (Å²) < 4.78 is 36.3. The number of piperidine rings is 2. The molecule has 1 unspecified atom stereocenters. The van der Waals surface area contributed by atoms with E-state index in [1.807, 2.05) is 24.3 Å². The fourth-order valence-corrected chi connectivity index (χ4v) is 9.67. The average molecular weight is 870 g/mol. The van der Waals surface area contributed by atoms with Crippen LogP contribution >= 0.6 is 0 Å². The monoisotopic (exact) mass is 869 g/mol. The Labute approximate surface area is 366 Å². The van der Waals surface area contributed by atoms with Crippen molar-refractivity contribution in [1.29, 1.82) is 5.26 Å². The van der Waals surface area contributed by atoms with Crippen LogP contribution in [0, 0.1) is 23.1 Å². The first-order valence-electron chi connectivity index (χ1n) is 21.7. The summed E-state index contributed by atoms with van der Waals surface area (Å²) >= 11 is 0. The van der Waals surface area contributed by atoms with Crippen LogP contribution in [0.5, 0.6) is 11.5 Å². The summed E-state index contributed by atoms with van der Waals surface area (Å²) in [6, 6.07) is 18.1. The van der Waals surface area contributed by atoms with E-state index in [4.69, 9.17) is 4.74 Å². The first kappa shape index (κ1) is 41.0. The molecule has 328 valence electrons. The van der Waals surface area contributed by atoms with Crippen LogP contribution < -0.4 is 30.3 Å². The SMILES string of the molecule is N#Cc1c(N2CC[C@@H](F)C2)ccc(F)c1Oc1ccc2ncn(-c3ccc(N4CCN(CC5CCN(c6ccc7c(c6)CN(C6CCC(=O)NC6=O)C7=O)CC5)CC4)nn3)c(=O)c2c1. The summed E-state index contributed by atoms with van der Waals surface area (Å²) in [4.78, 5) is 65.8. The molecule has 0 spiro atoms. The van der Waals surface area contributed by atoms with Gasteiger partial charge in [-0.3, -0.25) is 29.4 Å². The van der Waals surface area contributed by atoms with E-state index in [2.05, 4.69) is 41.3 Å². The van der Waals surface area contributed by atoms with Gasteiger partial charge in [0.2, 0.25) is 11.8 Å². The molecule has 16 nitrogen and oxygen atoms in total. The number of ether oxygens (including phenoxy) is 1. The number of hydrogen-bond donors (Lipinski definition) is 1. The van der Waals surface area contributed by atoms with Crippen LogP contribution in [0.25, 0.3) is 16.7 Å². The number of nitriles is 1. The maximum atomic E-state index is 15.1. The Kier molecular flexibility index (Phi) is 10.9. The third-order valence-electron chi connectivity index (χ3n) is 13.2. The summed E-state index contributed by atoms with van der Waals surface area (Å²) in [5.41, 5.74) is 2.92. The summed E-state index contributed by atoms with van der Waals surface area (Å²) in [6.07, 6.45) is 3.36. The highest BCUT2D eigenvalue weighted by Crippen LogP contribution is 2.37. The predicted molar refractivity (Wildman–Crippen MR) is 232 cm³/mol. The van der Waals surface area contributed by atoms with Gasteiger partial charge >= 0.3 is 0 Å². The molecule has 2 atom stereocenters. The number of nitrogens with zero attached hydrogens (tertiary/aromatic N) is 10. The third-order valence-corrected chi connectivity index (χ3v) is 13.2. The molecule has 10 rings (SSSR count). The molecule has 4 saturated heterocycles. The molecule has 64 heavy (non-hydrogen) atoms. The highest BCUT2D eigenvalue weighted by atomic mass is 19.1. The smallest absolute Gasteiger partial charge is 0.267 e. The molecule has 3 aromatic carbocycles. The van der Waals surface area contributed by atoms with Crippen LogP contribution in [0.3, 0.4) is 0 Å². The van der Waals surface area contributed by atoms with Gasteiger partial charge in [0.1, 0.15) is 35.9 Å². The highest BCUT2D eigenvalue weighted by molar-refractivity contribution is 6.05. The summed E-state index contributed by atoms with van der Waals surface area (Å²) in [5, 5.41) is 21.4. The topological polar surface area (TPSA) is 173 Å². The Morgan fingerprint density at radius 2 is 1.61 bits per heavy atom. The van der Waals surface area contributed by atoms with E-state index in [-0.39, 0.29) is 53.0 Å². The van der Waals surface area contributed by atoms with Gasteiger partial charge in [0, 0.05) is 83.1 Å². The summed E-state index contributed by atoms with van der Waals surface area (Å²) in [5.74, 6) is -0.236. The van der Waals surface area contributed by atoms with Gasteiger partial charge in [-0.25, -0.2) is 18.3 Å². The number of anilines is 3. The van der Waals surface area contributed by atoms with E-state index in [0.29, 0.717) is 54.4 Å². The summed E-state index contributed by atoms with van der Waals surface area (Å²) in [6.45, 7) is 7.04. The van der Waals surface area contributed by atoms with E-state index < -0.39 is 29.5 Å². The van der Waals surface area contributed by atoms with Crippen molar-refractivity contribution in [2.75, 3.05) is 73.6 Å². The number of fused-ring (bicyclic) bond motifs is 2. The quantitative estimate of drug-likeness (QED) is 0.208. The Balaban J connectivity index is 0.731. The van der Waals surface area contributed by atoms with E-state index in [0.717, 1.165) is 69.9 Å². The van der Waals surface area contributed by atoms with Crippen molar-refractivity contribution in [1.82, 2.24) is 34.9 Å². The van der Waals surface area contributed by atoms with E-state index >= 15 is 4.39 Å². The van der Waals surface area contributed by atoms with Crippen molar-refractivity contribution in [3.05, 3.63) is 99.9 Å². The number of nitrogens with one attached hydrogen (secondary N) is 1. The highest BCUT2D eigenvalue weighted by Gasteiger charge is 2.39. The van der Waals surface area contributed by atoms with Crippen LogP contribution in [0.2, 0.25) is 0 Å². The fourth-order valence-electron chi connectivity index (χ4n) is 9.67. The Morgan fingerprint density at radius 3 is 2.34 bits per heavy atom. The lowest BCUT2D eigenvalue weighted by Gasteiger charge is -2.39. The maximum Gasteiger partial charge on any atom is 0.267 e. The fraction of sp³-hybridized carbons (Fsp3) is 0.391. The van der Waals surface area contributed by atoms with Crippen LogP contribution in [-0.4, -0.2) is 118 Å². The lowest BCUT2D eigenvalue weighted by Crippen LogP contribution is -2.52. The van der Waals surface area contributed by atoms with Crippen molar-refractivity contribution >= 4 is 45.8 Å². The van der Waals surface area contributed by atoms with E-state index in [1.54, 1.807) is 28.0 Å². The molecule has 18 heteroatoms. The average Bonchev–Trinajstić information content (AvgIpc) is 3.89. The zero-order valence-corrected chi connectivity index (χ0v) is 35.0.